The summed E-state index contributed by atoms with van der Waals surface area (Å²) in [4.78, 5) is 19.9. The van der Waals surface area contributed by atoms with Crippen molar-refractivity contribution in [3.05, 3.63) is 59.0 Å². The van der Waals surface area contributed by atoms with Gasteiger partial charge in [-0.05, 0) is 12.1 Å². The van der Waals surface area contributed by atoms with Crippen LogP contribution in [-0.4, -0.2) is 27.4 Å². The van der Waals surface area contributed by atoms with Gasteiger partial charge in [-0.15, -0.1) is 0 Å². The van der Waals surface area contributed by atoms with Crippen LogP contribution in [0.5, 0.6) is 5.75 Å². The third-order valence-electron chi connectivity index (χ3n) is 3.09. The van der Waals surface area contributed by atoms with Gasteiger partial charge in [0.05, 0.1) is 18.3 Å². The third-order valence-corrected chi connectivity index (χ3v) is 3.09. The van der Waals surface area contributed by atoms with Crippen molar-refractivity contribution in [2.45, 2.75) is 6.54 Å². The Kier molecular flexibility index (Phi) is 3.51. The zero-order chi connectivity index (χ0) is 14.7. The van der Waals surface area contributed by atoms with E-state index in [1.807, 2.05) is 10.8 Å². The number of aromatic hydroxyl groups is 1. The average molecular weight is 283 g/mol. The molecule has 0 fully saturated rings. The van der Waals surface area contributed by atoms with Crippen LogP contribution in [0, 0.1) is 0 Å². The van der Waals surface area contributed by atoms with Crippen molar-refractivity contribution in [3.63, 3.8) is 0 Å². The zero-order valence-electron chi connectivity index (χ0n) is 11.1. The molecule has 3 rings (SSSR count). The third kappa shape index (κ3) is 2.69. The minimum atomic E-state index is -0.599. The highest BCUT2D eigenvalue weighted by Crippen LogP contribution is 2.24. The largest absolute Gasteiger partial charge is 0.506 e. The number of hydrogen-bond acceptors (Lipinski definition) is 5. The molecule has 6 nitrogen and oxygen atoms in total. The molecule has 0 aliphatic heterocycles. The summed E-state index contributed by atoms with van der Waals surface area (Å²) in [5, 5.41) is 10.6. The number of aliphatic imine (C=N–C) groups is 1. The molecule has 0 amide bonds. The van der Waals surface area contributed by atoms with Crippen LogP contribution in [-0.2, 0) is 6.54 Å². The van der Waals surface area contributed by atoms with Crippen LogP contribution in [0.3, 0.4) is 0 Å². The van der Waals surface area contributed by atoms with E-state index in [1.165, 1.54) is 6.21 Å². The summed E-state index contributed by atoms with van der Waals surface area (Å²) in [7, 11) is 0. The second-order valence-corrected chi connectivity index (χ2v) is 4.48. The highest BCUT2D eigenvalue weighted by Gasteiger charge is 2.11. The van der Waals surface area contributed by atoms with E-state index >= 15 is 0 Å². The molecule has 106 valence electrons. The van der Waals surface area contributed by atoms with E-state index in [1.54, 1.807) is 36.8 Å². The molecule has 1 N–H and O–H groups in total. The molecule has 2 heterocycles. The topological polar surface area (TPSA) is 80.6 Å². The normalized spacial score (nSPS) is 11.4. The molecule has 0 radical (unpaired) electrons. The fourth-order valence-electron chi connectivity index (χ4n) is 2.01. The Labute approximate surface area is 120 Å². The Bertz CT molecular complexity index is 835. The van der Waals surface area contributed by atoms with E-state index in [4.69, 9.17) is 4.42 Å². The van der Waals surface area contributed by atoms with Gasteiger partial charge < -0.3 is 14.1 Å². The van der Waals surface area contributed by atoms with Gasteiger partial charge in [0, 0.05) is 25.2 Å². The summed E-state index contributed by atoms with van der Waals surface area (Å²) in [6, 6.07) is 6.83. The molecule has 0 aliphatic rings. The molecule has 0 saturated carbocycles. The van der Waals surface area contributed by atoms with E-state index in [-0.39, 0.29) is 11.3 Å². The first kappa shape index (κ1) is 13.1. The number of imidazole rings is 1. The lowest BCUT2D eigenvalue weighted by atomic mass is 10.1. The lowest BCUT2D eigenvalue weighted by Gasteiger charge is -2.02. The fraction of sp³-hybridized carbons (Fsp3) is 0.133. The van der Waals surface area contributed by atoms with E-state index in [2.05, 4.69) is 9.98 Å². The summed E-state index contributed by atoms with van der Waals surface area (Å²) >= 11 is 0. The van der Waals surface area contributed by atoms with Crippen LogP contribution in [0.2, 0.25) is 0 Å². The van der Waals surface area contributed by atoms with Crippen LogP contribution in [0.4, 0.5) is 0 Å². The van der Waals surface area contributed by atoms with Gasteiger partial charge in [0.25, 0.3) is 0 Å². The fourth-order valence-corrected chi connectivity index (χ4v) is 2.01. The van der Waals surface area contributed by atoms with Gasteiger partial charge in [0.15, 0.2) is 0 Å². The molecule has 1 aromatic carbocycles. The van der Waals surface area contributed by atoms with Crippen LogP contribution in [0.15, 0.2) is 57.2 Å². The minimum absolute atomic E-state index is 0.0688. The molecule has 0 spiro atoms. The van der Waals surface area contributed by atoms with E-state index in [9.17, 15) is 9.90 Å². The number of aromatic nitrogens is 2. The highest BCUT2D eigenvalue weighted by molar-refractivity contribution is 5.93. The summed E-state index contributed by atoms with van der Waals surface area (Å²) in [6.45, 7) is 1.12. The van der Waals surface area contributed by atoms with Crippen molar-refractivity contribution >= 4 is 17.2 Å². The van der Waals surface area contributed by atoms with Crippen LogP contribution >= 0.6 is 0 Å². The van der Waals surface area contributed by atoms with Crippen molar-refractivity contribution in [2.24, 2.45) is 4.99 Å². The zero-order valence-corrected chi connectivity index (χ0v) is 11.1. The summed E-state index contributed by atoms with van der Waals surface area (Å²) in [6.07, 6.45) is 6.56. The van der Waals surface area contributed by atoms with Crippen LogP contribution < -0.4 is 5.63 Å². The number of fused-ring (bicyclic) bond motifs is 1. The molecule has 0 aliphatic carbocycles. The predicted molar refractivity (Wildman–Crippen MR) is 78.8 cm³/mol. The number of rotatable bonds is 4. The van der Waals surface area contributed by atoms with Gasteiger partial charge in [-0.25, -0.2) is 9.78 Å². The number of hydrogen-bond donors (Lipinski definition) is 1. The summed E-state index contributed by atoms with van der Waals surface area (Å²) in [5.41, 5.74) is -0.174. The Balaban J connectivity index is 1.85. The van der Waals surface area contributed by atoms with Gasteiger partial charge in [-0.1, -0.05) is 12.1 Å². The lowest BCUT2D eigenvalue weighted by Crippen LogP contribution is -2.08. The molecule has 2 aromatic heterocycles. The van der Waals surface area contributed by atoms with Gasteiger partial charge in [0.1, 0.15) is 16.9 Å². The van der Waals surface area contributed by atoms with Gasteiger partial charge in [0.2, 0.25) is 0 Å². The Hall–Kier alpha value is -2.89. The Morgan fingerprint density at radius 1 is 1.38 bits per heavy atom. The number of para-hydroxylation sites is 1. The van der Waals surface area contributed by atoms with Gasteiger partial charge in [-0.2, -0.15) is 0 Å². The smallest absolute Gasteiger partial charge is 0.348 e. The summed E-state index contributed by atoms with van der Waals surface area (Å²) < 4.78 is 7.03. The van der Waals surface area contributed by atoms with Crippen LogP contribution in [0.1, 0.15) is 5.56 Å². The van der Waals surface area contributed by atoms with Crippen molar-refractivity contribution in [3.8, 4) is 5.75 Å². The first-order valence-electron chi connectivity index (χ1n) is 6.46. The molecule has 6 heteroatoms. The lowest BCUT2D eigenvalue weighted by molar-refractivity contribution is 0.466. The number of benzene rings is 1. The van der Waals surface area contributed by atoms with E-state index in [0.29, 0.717) is 24.1 Å². The minimum Gasteiger partial charge on any atom is -0.506 e. The first-order valence-corrected chi connectivity index (χ1v) is 6.46. The quantitative estimate of drug-likeness (QED) is 0.585. The van der Waals surface area contributed by atoms with E-state index in [0.717, 1.165) is 0 Å². The SMILES string of the molecule is O=c1oc2ccccc2c(O)c1C=NCCn1ccnc1. The predicted octanol–water partition coefficient (Wildman–Crippen LogP) is 1.81. The second kappa shape index (κ2) is 5.62. The van der Waals surface area contributed by atoms with E-state index < -0.39 is 5.63 Å². The molecular weight excluding hydrogens is 270 g/mol. The van der Waals surface area contributed by atoms with Crippen LogP contribution in [0.25, 0.3) is 11.0 Å². The molecule has 21 heavy (non-hydrogen) atoms. The van der Waals surface area contributed by atoms with Gasteiger partial charge in [-0.3, -0.25) is 4.99 Å². The second-order valence-electron chi connectivity index (χ2n) is 4.48. The maximum atomic E-state index is 11.8. The molecule has 0 unspecified atom stereocenters. The van der Waals surface area contributed by atoms with Crippen molar-refractivity contribution in [1.29, 1.82) is 0 Å². The van der Waals surface area contributed by atoms with Crippen molar-refractivity contribution in [2.75, 3.05) is 6.54 Å². The Morgan fingerprint density at radius 2 is 2.24 bits per heavy atom. The maximum absolute atomic E-state index is 11.8. The van der Waals surface area contributed by atoms with Crippen molar-refractivity contribution in [1.82, 2.24) is 9.55 Å². The molecule has 0 atom stereocenters. The summed E-state index contributed by atoms with van der Waals surface area (Å²) in [5.74, 6) is -0.103. The first-order chi connectivity index (χ1) is 10.3. The molecule has 0 saturated heterocycles. The highest BCUT2D eigenvalue weighted by atomic mass is 16.4. The van der Waals surface area contributed by atoms with Gasteiger partial charge >= 0.3 is 5.63 Å². The molecular formula is C15H13N3O3. The standard InChI is InChI=1S/C15H13N3O3/c19-14-11-3-1-2-4-13(11)21-15(20)12(14)9-16-5-7-18-8-6-17-10-18/h1-4,6,8-10,19H,5,7H2. The number of nitrogens with zero attached hydrogens (tertiary/aromatic N) is 3. The van der Waals surface area contributed by atoms with Crippen molar-refractivity contribution < 1.29 is 9.52 Å². The molecule has 3 aromatic rings. The molecule has 0 bridgehead atoms. The monoisotopic (exact) mass is 283 g/mol. The Morgan fingerprint density at radius 3 is 3.05 bits per heavy atom. The maximum Gasteiger partial charge on any atom is 0.348 e. The average Bonchev–Trinajstić information content (AvgIpc) is 2.99.